The van der Waals surface area contributed by atoms with Crippen LogP contribution >= 0.6 is 0 Å². The zero-order chi connectivity index (χ0) is 29.8. The fraction of sp³-hybridized carbons (Fsp3) is 0.560. The second-order valence-corrected chi connectivity index (χ2v) is 9.34. The number of carbonyl (C=O) groups is 2. The first-order valence-electron chi connectivity index (χ1n) is 12.7. The van der Waals surface area contributed by atoms with Gasteiger partial charge in [-0.1, -0.05) is 12.5 Å². The fourth-order valence-corrected chi connectivity index (χ4v) is 3.68. The summed E-state index contributed by atoms with van der Waals surface area (Å²) < 4.78 is 65.8. The number of methoxy groups -OCH3 is 1. The van der Waals surface area contributed by atoms with Crippen LogP contribution in [-0.2, 0) is 27.4 Å². The zero-order valence-electron chi connectivity index (χ0n) is 22.3. The molecule has 0 unspecified atom stereocenters. The molecule has 1 saturated carbocycles. The molecule has 1 aromatic heterocycles. The maximum atomic E-state index is 12.2. The second-order valence-electron chi connectivity index (χ2n) is 9.34. The molecule has 0 spiro atoms. The van der Waals surface area contributed by atoms with E-state index in [0.717, 1.165) is 6.42 Å². The number of ether oxygens (including phenoxy) is 1. The Morgan fingerprint density at radius 3 is 2.48 bits per heavy atom. The van der Waals surface area contributed by atoms with Gasteiger partial charge < -0.3 is 31.1 Å². The first-order valence-corrected chi connectivity index (χ1v) is 12.7. The van der Waals surface area contributed by atoms with E-state index in [1.807, 2.05) is 0 Å². The van der Waals surface area contributed by atoms with Crippen LogP contribution in [0.3, 0.4) is 0 Å². The van der Waals surface area contributed by atoms with Gasteiger partial charge in [-0.25, -0.2) is 19.6 Å². The lowest BCUT2D eigenvalue weighted by molar-refractivity contribution is -0.144. The molecule has 0 bridgehead atoms. The van der Waals surface area contributed by atoms with Crippen molar-refractivity contribution in [2.24, 2.45) is 11.6 Å². The lowest BCUT2D eigenvalue weighted by atomic mass is 9.97. The number of imidazole rings is 1. The average Bonchev–Trinajstić information content (AvgIpc) is 3.30. The van der Waals surface area contributed by atoms with Crippen molar-refractivity contribution in [2.45, 2.75) is 70.1 Å². The van der Waals surface area contributed by atoms with Gasteiger partial charge in [-0.2, -0.15) is 13.2 Å². The predicted octanol–water partition coefficient (Wildman–Crippen LogP) is 3.35. The number of alkyl halides is 5. The third kappa shape index (κ3) is 12.6. The van der Waals surface area contributed by atoms with Crippen LogP contribution in [0.1, 0.15) is 56.3 Å². The van der Waals surface area contributed by atoms with E-state index in [2.05, 4.69) is 20.6 Å². The minimum atomic E-state index is -4.37. The summed E-state index contributed by atoms with van der Waals surface area (Å²) in [6.07, 6.45) is -2.20. The summed E-state index contributed by atoms with van der Waals surface area (Å²) in [5, 5.41) is 6.30. The molecule has 15 heteroatoms. The molecule has 2 amide bonds. The standard InChI is InChI=1S/C19H26F3N7O3.C6H10F2/c1-32-7-6-29(24)11-13(23)18(31)26-10-16-27-14-3-2-12(8-15(14)28-16)9-25-17(30)4-5-19(20,21)22;7-6(8)4-2-1-3-5-6/h2-3,8,11H,4-7,9-10,23-24H2,1H3,(H,25,30)(H,26,31)(H,27,28);1-5H2/b13-11-;. The number of halogens is 5. The summed E-state index contributed by atoms with van der Waals surface area (Å²) in [6.45, 7) is 0.894. The number of benzene rings is 1. The Morgan fingerprint density at radius 2 is 1.88 bits per heavy atom. The maximum Gasteiger partial charge on any atom is 0.389 e. The van der Waals surface area contributed by atoms with Gasteiger partial charge in [-0.3, -0.25) is 9.59 Å². The Labute approximate surface area is 228 Å². The highest BCUT2D eigenvalue weighted by Gasteiger charge is 2.30. The molecule has 1 fully saturated rings. The number of nitrogens with two attached hydrogens (primary N) is 2. The fourth-order valence-electron chi connectivity index (χ4n) is 3.68. The van der Waals surface area contributed by atoms with Crippen LogP contribution in [0.25, 0.3) is 11.0 Å². The SMILES string of the molecule is COCCN(N)/C=C(\N)C(=O)NCc1nc2ccc(CNC(=O)CCC(F)(F)F)cc2[nH]1.FC1(F)CCCCC1. The molecule has 1 heterocycles. The van der Waals surface area contributed by atoms with Crippen LogP contribution in [0.5, 0.6) is 0 Å². The Kier molecular flexibility index (Phi) is 12.6. The van der Waals surface area contributed by atoms with Crippen molar-refractivity contribution in [3.05, 3.63) is 41.5 Å². The van der Waals surface area contributed by atoms with E-state index in [1.165, 1.54) is 18.3 Å². The summed E-state index contributed by atoms with van der Waals surface area (Å²) in [4.78, 5) is 31.0. The highest BCUT2D eigenvalue weighted by Crippen LogP contribution is 2.32. The molecular weight excluding hydrogens is 541 g/mol. The summed E-state index contributed by atoms with van der Waals surface area (Å²) in [7, 11) is 1.53. The molecule has 3 rings (SSSR count). The topological polar surface area (TPSA) is 151 Å². The van der Waals surface area contributed by atoms with Crippen LogP contribution < -0.4 is 22.2 Å². The first-order chi connectivity index (χ1) is 18.8. The summed E-state index contributed by atoms with van der Waals surface area (Å²) in [5.74, 6) is 2.61. The number of hydrogen-bond donors (Lipinski definition) is 5. The minimum Gasteiger partial charge on any atom is -0.393 e. The lowest BCUT2D eigenvalue weighted by Gasteiger charge is -2.20. The molecule has 2 aromatic rings. The highest BCUT2D eigenvalue weighted by atomic mass is 19.4. The van der Waals surface area contributed by atoms with Gasteiger partial charge in [0, 0.05) is 39.1 Å². The number of nitrogens with one attached hydrogen (secondary N) is 3. The number of fused-ring (bicyclic) bond motifs is 1. The molecule has 224 valence electrons. The monoisotopic (exact) mass is 577 g/mol. The van der Waals surface area contributed by atoms with E-state index < -0.39 is 36.8 Å². The molecule has 10 nitrogen and oxygen atoms in total. The van der Waals surface area contributed by atoms with Crippen molar-refractivity contribution in [3.63, 3.8) is 0 Å². The molecule has 0 radical (unpaired) electrons. The summed E-state index contributed by atoms with van der Waals surface area (Å²) >= 11 is 0. The van der Waals surface area contributed by atoms with Gasteiger partial charge in [0.25, 0.3) is 5.91 Å². The number of nitrogens with zero attached hydrogens (tertiary/aromatic N) is 2. The van der Waals surface area contributed by atoms with Crippen molar-refractivity contribution in [1.29, 1.82) is 0 Å². The number of rotatable bonds is 11. The molecule has 40 heavy (non-hydrogen) atoms. The summed E-state index contributed by atoms with van der Waals surface area (Å²) in [5.41, 5.74) is 7.58. The van der Waals surface area contributed by atoms with Crippen molar-refractivity contribution in [3.8, 4) is 0 Å². The van der Waals surface area contributed by atoms with E-state index in [1.54, 1.807) is 18.2 Å². The molecule has 7 N–H and O–H groups in total. The molecular formula is C25H36F5N7O3. The van der Waals surface area contributed by atoms with Gasteiger partial charge in [-0.05, 0) is 30.5 Å². The number of hydrogen-bond acceptors (Lipinski definition) is 7. The third-order valence-electron chi connectivity index (χ3n) is 5.84. The van der Waals surface area contributed by atoms with Crippen molar-refractivity contribution >= 4 is 22.8 Å². The third-order valence-corrected chi connectivity index (χ3v) is 5.84. The van der Waals surface area contributed by atoms with E-state index in [-0.39, 0.29) is 31.6 Å². The Morgan fingerprint density at radius 1 is 1.18 bits per heavy atom. The molecule has 0 atom stereocenters. The number of aromatic nitrogens is 2. The predicted molar refractivity (Wildman–Crippen MR) is 138 cm³/mol. The van der Waals surface area contributed by atoms with Crippen molar-refractivity contribution in [1.82, 2.24) is 25.6 Å². The van der Waals surface area contributed by atoms with Crippen LogP contribution in [0.4, 0.5) is 22.0 Å². The smallest absolute Gasteiger partial charge is 0.389 e. The van der Waals surface area contributed by atoms with Gasteiger partial charge in [0.1, 0.15) is 11.5 Å². The Balaban J connectivity index is 0.000000598. The van der Waals surface area contributed by atoms with Gasteiger partial charge >= 0.3 is 6.18 Å². The number of H-pyrrole nitrogens is 1. The summed E-state index contributed by atoms with van der Waals surface area (Å²) in [6, 6.07) is 5.12. The van der Waals surface area contributed by atoms with Gasteiger partial charge in [0.2, 0.25) is 11.8 Å². The van der Waals surface area contributed by atoms with Crippen LogP contribution in [0.15, 0.2) is 30.1 Å². The highest BCUT2D eigenvalue weighted by molar-refractivity contribution is 5.92. The lowest BCUT2D eigenvalue weighted by Crippen LogP contribution is -2.34. The number of aromatic amines is 1. The van der Waals surface area contributed by atoms with Crippen molar-refractivity contribution < 1.29 is 36.3 Å². The van der Waals surface area contributed by atoms with Gasteiger partial charge in [0.15, 0.2) is 0 Å². The Hall–Kier alpha value is -3.46. The largest absolute Gasteiger partial charge is 0.393 e. The number of carbonyl (C=O) groups excluding carboxylic acids is 2. The molecule has 1 aliphatic carbocycles. The van der Waals surface area contributed by atoms with E-state index in [4.69, 9.17) is 16.3 Å². The van der Waals surface area contributed by atoms with Gasteiger partial charge in [0.05, 0.1) is 37.2 Å². The molecule has 1 aromatic carbocycles. The van der Waals surface area contributed by atoms with E-state index in [0.29, 0.717) is 48.4 Å². The molecule has 0 saturated heterocycles. The van der Waals surface area contributed by atoms with E-state index in [9.17, 15) is 31.5 Å². The second kappa shape index (κ2) is 15.4. The van der Waals surface area contributed by atoms with Crippen molar-refractivity contribution in [2.75, 3.05) is 20.3 Å². The van der Waals surface area contributed by atoms with Gasteiger partial charge in [-0.15, -0.1) is 0 Å². The number of hydrazine groups is 1. The Bertz CT molecular complexity index is 1130. The quantitative estimate of drug-likeness (QED) is 0.119. The first kappa shape index (κ1) is 32.8. The van der Waals surface area contributed by atoms with E-state index >= 15 is 0 Å². The molecule has 0 aliphatic heterocycles. The maximum absolute atomic E-state index is 12.2. The zero-order valence-corrected chi connectivity index (χ0v) is 22.3. The minimum absolute atomic E-state index is 0.0776. The van der Waals surface area contributed by atoms with Crippen LogP contribution in [0, 0.1) is 0 Å². The molecule has 1 aliphatic rings. The average molecular weight is 578 g/mol. The van der Waals surface area contributed by atoms with Crippen LogP contribution in [0.2, 0.25) is 0 Å². The normalized spacial score (nSPS) is 15.2. The number of amides is 2. The van der Waals surface area contributed by atoms with Crippen LogP contribution in [-0.4, -0.2) is 59.2 Å².